The third-order valence-corrected chi connectivity index (χ3v) is 1.66. The number of hydrogen-bond acceptors (Lipinski definition) is 2. The maximum Gasteiger partial charge on any atom is 0.234 e. The van der Waals surface area contributed by atoms with E-state index >= 15 is 0 Å². The van der Waals surface area contributed by atoms with E-state index in [1.54, 1.807) is 18.2 Å². The van der Waals surface area contributed by atoms with E-state index in [4.69, 9.17) is 5.73 Å². The van der Waals surface area contributed by atoms with Gasteiger partial charge in [0.1, 0.15) is 5.82 Å². The van der Waals surface area contributed by atoms with Gasteiger partial charge in [0.2, 0.25) is 5.91 Å². The molecule has 1 aromatic rings. The van der Waals surface area contributed by atoms with Gasteiger partial charge >= 0.3 is 0 Å². The summed E-state index contributed by atoms with van der Waals surface area (Å²) in [4.78, 5) is 10.7. The Kier molecular flexibility index (Phi) is 4.32. The van der Waals surface area contributed by atoms with Gasteiger partial charge in [-0.05, 0) is 12.1 Å². The zero-order valence-corrected chi connectivity index (χ0v) is 8.09. The van der Waals surface area contributed by atoms with Crippen LogP contribution in [0.15, 0.2) is 24.3 Å². The molecule has 0 bridgehead atoms. The number of carbonyl (C=O) groups excluding carboxylic acids is 1. The maximum absolute atomic E-state index is 13.0. The molecule has 0 saturated heterocycles. The first kappa shape index (κ1) is 11.2. The molecule has 0 fully saturated rings. The normalized spacial score (nSPS) is 8.93. The summed E-state index contributed by atoms with van der Waals surface area (Å²) < 4.78 is 13.0. The predicted octanol–water partition coefficient (Wildman–Crippen LogP) is 0.252. The second-order valence-electron chi connectivity index (χ2n) is 2.76. The lowest BCUT2D eigenvalue weighted by Crippen LogP contribution is -2.30. The zero-order chi connectivity index (χ0) is 11.1. The molecule has 0 heterocycles. The Morgan fingerprint density at radius 3 is 2.87 bits per heavy atom. The zero-order valence-electron chi connectivity index (χ0n) is 8.09. The smallest absolute Gasteiger partial charge is 0.234 e. The molecule has 15 heavy (non-hydrogen) atoms. The van der Waals surface area contributed by atoms with E-state index in [9.17, 15) is 9.18 Å². The molecule has 3 nitrogen and oxygen atoms in total. The van der Waals surface area contributed by atoms with E-state index in [2.05, 4.69) is 17.2 Å². The van der Waals surface area contributed by atoms with E-state index in [0.29, 0.717) is 5.56 Å². The molecular formula is C11H11FN2O. The van der Waals surface area contributed by atoms with Crippen molar-refractivity contribution in [1.82, 2.24) is 5.32 Å². The fourth-order valence-electron chi connectivity index (χ4n) is 0.917. The summed E-state index contributed by atoms with van der Waals surface area (Å²) in [5, 5.41) is 2.46. The first-order chi connectivity index (χ1) is 7.24. The fraction of sp³-hybridized carbons (Fsp3) is 0.182. The first-order valence-corrected chi connectivity index (χ1v) is 4.44. The number of rotatable bonds is 2. The Labute approximate surface area is 87.5 Å². The SMILES string of the molecule is NCC(=O)NCC#Cc1ccccc1F. The summed E-state index contributed by atoms with van der Waals surface area (Å²) in [5.74, 6) is 4.60. The highest BCUT2D eigenvalue weighted by Gasteiger charge is 1.95. The summed E-state index contributed by atoms with van der Waals surface area (Å²) in [7, 11) is 0. The quantitative estimate of drug-likeness (QED) is 0.682. The number of halogens is 1. The molecular weight excluding hydrogens is 195 g/mol. The van der Waals surface area contributed by atoms with Crippen molar-refractivity contribution in [2.24, 2.45) is 5.73 Å². The molecule has 1 amide bonds. The second kappa shape index (κ2) is 5.78. The Hall–Kier alpha value is -1.86. The Morgan fingerprint density at radius 1 is 1.47 bits per heavy atom. The van der Waals surface area contributed by atoms with Gasteiger partial charge in [0.25, 0.3) is 0 Å². The molecule has 0 saturated carbocycles. The van der Waals surface area contributed by atoms with Crippen molar-refractivity contribution in [1.29, 1.82) is 0 Å². The molecule has 0 aliphatic rings. The number of carbonyl (C=O) groups is 1. The van der Waals surface area contributed by atoms with Crippen LogP contribution in [0.25, 0.3) is 0 Å². The molecule has 0 radical (unpaired) electrons. The lowest BCUT2D eigenvalue weighted by molar-refractivity contribution is -0.119. The highest BCUT2D eigenvalue weighted by Crippen LogP contribution is 2.03. The van der Waals surface area contributed by atoms with Gasteiger partial charge in [0.15, 0.2) is 0 Å². The van der Waals surface area contributed by atoms with E-state index in [1.807, 2.05) is 0 Å². The van der Waals surface area contributed by atoms with Crippen LogP contribution in [0.2, 0.25) is 0 Å². The van der Waals surface area contributed by atoms with Crippen LogP contribution >= 0.6 is 0 Å². The summed E-state index contributed by atoms with van der Waals surface area (Å²) >= 11 is 0. The van der Waals surface area contributed by atoms with Crippen LogP contribution in [0.1, 0.15) is 5.56 Å². The van der Waals surface area contributed by atoms with Crippen LogP contribution in [0.3, 0.4) is 0 Å². The second-order valence-corrected chi connectivity index (χ2v) is 2.76. The van der Waals surface area contributed by atoms with Crippen LogP contribution in [-0.4, -0.2) is 19.0 Å². The lowest BCUT2D eigenvalue weighted by atomic mass is 10.2. The van der Waals surface area contributed by atoms with Gasteiger partial charge in [-0.1, -0.05) is 24.0 Å². The van der Waals surface area contributed by atoms with E-state index in [-0.39, 0.29) is 24.8 Å². The molecule has 78 valence electrons. The summed E-state index contributed by atoms with van der Waals surface area (Å²) in [6.45, 7) is 0.103. The van der Waals surface area contributed by atoms with Gasteiger partial charge in [0, 0.05) is 0 Å². The number of amides is 1. The molecule has 3 N–H and O–H groups in total. The highest BCUT2D eigenvalue weighted by atomic mass is 19.1. The van der Waals surface area contributed by atoms with Crippen molar-refractivity contribution in [2.75, 3.05) is 13.1 Å². The van der Waals surface area contributed by atoms with Crippen molar-refractivity contribution >= 4 is 5.91 Å². The summed E-state index contributed by atoms with van der Waals surface area (Å²) in [5.41, 5.74) is 5.39. The van der Waals surface area contributed by atoms with Crippen molar-refractivity contribution in [3.63, 3.8) is 0 Å². The third kappa shape index (κ3) is 3.79. The fourth-order valence-corrected chi connectivity index (χ4v) is 0.917. The number of nitrogens with one attached hydrogen (secondary N) is 1. The monoisotopic (exact) mass is 206 g/mol. The van der Waals surface area contributed by atoms with E-state index in [0.717, 1.165) is 0 Å². The third-order valence-electron chi connectivity index (χ3n) is 1.66. The predicted molar refractivity (Wildman–Crippen MR) is 55.3 cm³/mol. The van der Waals surface area contributed by atoms with Crippen LogP contribution < -0.4 is 11.1 Å². The average molecular weight is 206 g/mol. The standard InChI is InChI=1S/C11H11FN2O/c12-10-6-2-1-4-9(10)5-3-7-14-11(15)8-13/h1-2,4,6H,7-8,13H2,(H,14,15). The van der Waals surface area contributed by atoms with Crippen LogP contribution in [0.4, 0.5) is 4.39 Å². The number of hydrogen-bond donors (Lipinski definition) is 2. The number of nitrogens with two attached hydrogens (primary N) is 1. The highest BCUT2D eigenvalue weighted by molar-refractivity contribution is 5.77. The minimum atomic E-state index is -0.366. The van der Waals surface area contributed by atoms with Gasteiger partial charge in [-0.25, -0.2) is 4.39 Å². The van der Waals surface area contributed by atoms with Crippen molar-refractivity contribution in [3.05, 3.63) is 35.6 Å². The lowest BCUT2D eigenvalue weighted by Gasteiger charge is -1.95. The largest absolute Gasteiger partial charge is 0.344 e. The molecule has 0 aliphatic carbocycles. The molecule has 4 heteroatoms. The molecule has 0 aliphatic heterocycles. The van der Waals surface area contributed by atoms with Crippen molar-refractivity contribution in [3.8, 4) is 11.8 Å². The summed E-state index contributed by atoms with van der Waals surface area (Å²) in [6.07, 6.45) is 0. The minimum Gasteiger partial charge on any atom is -0.344 e. The van der Waals surface area contributed by atoms with Crippen molar-refractivity contribution in [2.45, 2.75) is 0 Å². The molecule has 1 aromatic carbocycles. The van der Waals surface area contributed by atoms with Gasteiger partial charge in [0.05, 0.1) is 18.7 Å². The minimum absolute atomic E-state index is 0.0681. The maximum atomic E-state index is 13.0. The molecule has 1 rings (SSSR count). The van der Waals surface area contributed by atoms with Gasteiger partial charge in [-0.2, -0.15) is 0 Å². The Morgan fingerprint density at radius 2 is 2.20 bits per heavy atom. The molecule has 0 aromatic heterocycles. The Bertz CT molecular complexity index is 407. The van der Waals surface area contributed by atoms with Crippen LogP contribution in [0, 0.1) is 17.7 Å². The Balaban J connectivity index is 2.52. The topological polar surface area (TPSA) is 55.1 Å². The first-order valence-electron chi connectivity index (χ1n) is 4.44. The van der Waals surface area contributed by atoms with Crippen molar-refractivity contribution < 1.29 is 9.18 Å². The van der Waals surface area contributed by atoms with Gasteiger partial charge < -0.3 is 11.1 Å². The van der Waals surface area contributed by atoms with Gasteiger partial charge in [-0.15, -0.1) is 0 Å². The average Bonchev–Trinajstić information content (AvgIpc) is 2.26. The van der Waals surface area contributed by atoms with Crippen LogP contribution in [0.5, 0.6) is 0 Å². The van der Waals surface area contributed by atoms with E-state index in [1.165, 1.54) is 6.07 Å². The number of benzene rings is 1. The molecule has 0 spiro atoms. The van der Waals surface area contributed by atoms with E-state index < -0.39 is 0 Å². The molecule has 0 atom stereocenters. The molecule has 0 unspecified atom stereocenters. The van der Waals surface area contributed by atoms with Crippen LogP contribution in [-0.2, 0) is 4.79 Å². The summed E-state index contributed by atoms with van der Waals surface area (Å²) in [6, 6.07) is 6.21. The van der Waals surface area contributed by atoms with Gasteiger partial charge in [-0.3, -0.25) is 4.79 Å².